The second-order valence-corrected chi connectivity index (χ2v) is 10.7. The molecule has 5 rings (SSSR count). The first-order valence-corrected chi connectivity index (χ1v) is 13.6. The highest BCUT2D eigenvalue weighted by molar-refractivity contribution is 6.30. The number of morpholine rings is 1. The minimum Gasteiger partial charge on any atom is -0.449 e. The van der Waals surface area contributed by atoms with Crippen LogP contribution < -0.4 is 19.8 Å². The molecule has 7 nitrogen and oxygen atoms in total. The minimum absolute atomic E-state index is 0.0171. The van der Waals surface area contributed by atoms with Crippen molar-refractivity contribution < 1.29 is 41.5 Å². The zero-order chi connectivity index (χ0) is 30.2. The van der Waals surface area contributed by atoms with Crippen LogP contribution >= 0.6 is 11.6 Å². The van der Waals surface area contributed by atoms with Crippen molar-refractivity contribution >= 4 is 28.5 Å². The van der Waals surface area contributed by atoms with Crippen LogP contribution in [0.25, 0.3) is 11.0 Å². The number of nitrogens with one attached hydrogen (secondary N) is 1. The van der Waals surface area contributed by atoms with Gasteiger partial charge < -0.3 is 23.5 Å². The zero-order valence-electron chi connectivity index (χ0n) is 23.1. The van der Waals surface area contributed by atoms with Crippen LogP contribution in [0, 0.1) is 20.8 Å². The molecule has 0 radical (unpaired) electrons. The van der Waals surface area contributed by atoms with Gasteiger partial charge in [0, 0.05) is 5.02 Å². The van der Waals surface area contributed by atoms with Crippen molar-refractivity contribution in [3.63, 3.8) is 0 Å². The van der Waals surface area contributed by atoms with Crippen molar-refractivity contribution in [2.45, 2.75) is 33.5 Å². The van der Waals surface area contributed by atoms with Gasteiger partial charge in [-0.25, -0.2) is 4.79 Å². The second-order valence-electron chi connectivity index (χ2n) is 10.2. The number of quaternary nitrogens is 1. The van der Waals surface area contributed by atoms with Crippen LogP contribution in [0.3, 0.4) is 0 Å². The summed E-state index contributed by atoms with van der Waals surface area (Å²) in [4.78, 5) is 27.6. The SMILES string of the molecule is Cc1cc(C)c(C)c(Oc2c(C(F)(F)F)oc3c(C[NH+]4CCOCC4)c(OC(=O)c4ccc(Cl)cc4)ccc3c2=O)c1. The maximum atomic E-state index is 14.4. The third kappa shape index (κ3) is 6.16. The van der Waals surface area contributed by atoms with Gasteiger partial charge in [-0.15, -0.1) is 0 Å². The molecule has 3 aromatic carbocycles. The van der Waals surface area contributed by atoms with Crippen LogP contribution in [0.15, 0.2) is 57.7 Å². The third-order valence-corrected chi connectivity index (χ3v) is 7.47. The normalized spacial score (nSPS) is 14.3. The average Bonchev–Trinajstić information content (AvgIpc) is 2.94. The minimum atomic E-state index is -5.06. The number of fused-ring (bicyclic) bond motifs is 1. The quantitative estimate of drug-likeness (QED) is 0.221. The molecule has 42 heavy (non-hydrogen) atoms. The van der Waals surface area contributed by atoms with Crippen molar-refractivity contribution in [2.75, 3.05) is 26.3 Å². The van der Waals surface area contributed by atoms with Gasteiger partial charge in [-0.3, -0.25) is 4.79 Å². The summed E-state index contributed by atoms with van der Waals surface area (Å²) in [6.45, 7) is 7.42. The first-order chi connectivity index (χ1) is 19.9. The van der Waals surface area contributed by atoms with Gasteiger partial charge in [0.2, 0.25) is 11.2 Å². The van der Waals surface area contributed by atoms with Crippen LogP contribution in [-0.4, -0.2) is 32.3 Å². The highest BCUT2D eigenvalue weighted by Crippen LogP contribution is 2.41. The van der Waals surface area contributed by atoms with Gasteiger partial charge >= 0.3 is 12.1 Å². The maximum Gasteiger partial charge on any atom is 0.453 e. The number of hydrogen-bond acceptors (Lipinski definition) is 6. The van der Waals surface area contributed by atoms with Crippen LogP contribution in [0.2, 0.25) is 5.02 Å². The molecule has 1 fully saturated rings. The van der Waals surface area contributed by atoms with E-state index in [1.807, 2.05) is 6.07 Å². The molecule has 1 aliphatic heterocycles. The molecule has 11 heteroatoms. The Balaban J connectivity index is 1.68. The van der Waals surface area contributed by atoms with Crippen molar-refractivity contribution in [3.8, 4) is 17.2 Å². The number of alkyl halides is 3. The molecular weight excluding hydrogens is 575 g/mol. The number of ether oxygens (including phenoxy) is 3. The van der Waals surface area contributed by atoms with E-state index >= 15 is 0 Å². The summed E-state index contributed by atoms with van der Waals surface area (Å²) in [5.74, 6) is -3.17. The number of benzene rings is 3. The van der Waals surface area contributed by atoms with Crippen molar-refractivity contribution in [1.29, 1.82) is 0 Å². The lowest BCUT2D eigenvalue weighted by atomic mass is 10.1. The monoisotopic (exact) mass is 602 g/mol. The summed E-state index contributed by atoms with van der Waals surface area (Å²) in [5, 5.41) is 0.290. The molecule has 4 aromatic rings. The van der Waals surface area contributed by atoms with E-state index in [2.05, 4.69) is 0 Å². The molecule has 0 saturated carbocycles. The molecule has 1 aliphatic rings. The summed E-state index contributed by atoms with van der Waals surface area (Å²) in [5.41, 5.74) is 1.18. The molecule has 0 spiro atoms. The lowest BCUT2D eigenvalue weighted by Crippen LogP contribution is -3.12. The number of halogens is 4. The third-order valence-electron chi connectivity index (χ3n) is 7.22. The molecule has 0 bridgehead atoms. The Labute approximate surface area is 244 Å². The average molecular weight is 603 g/mol. The number of carbonyl (C=O) groups excluding carboxylic acids is 1. The van der Waals surface area contributed by atoms with E-state index in [9.17, 15) is 22.8 Å². The molecule has 220 valence electrons. The van der Waals surface area contributed by atoms with Crippen LogP contribution in [0.5, 0.6) is 17.2 Å². The predicted octanol–water partition coefficient (Wildman–Crippen LogP) is 5.82. The van der Waals surface area contributed by atoms with Gasteiger partial charge in [-0.1, -0.05) is 17.7 Å². The molecule has 0 aliphatic carbocycles. The molecule has 1 saturated heterocycles. The van der Waals surface area contributed by atoms with Crippen molar-refractivity contribution in [3.05, 3.63) is 97.4 Å². The largest absolute Gasteiger partial charge is 0.453 e. The van der Waals surface area contributed by atoms with Gasteiger partial charge in [-0.2, -0.15) is 13.2 Å². The topological polar surface area (TPSA) is 79.4 Å². The van der Waals surface area contributed by atoms with E-state index < -0.39 is 29.1 Å². The zero-order valence-corrected chi connectivity index (χ0v) is 23.9. The van der Waals surface area contributed by atoms with E-state index in [1.165, 1.54) is 36.4 Å². The molecule has 0 unspecified atom stereocenters. The van der Waals surface area contributed by atoms with E-state index in [0.717, 1.165) is 16.0 Å². The Bertz CT molecular complexity index is 1710. The highest BCUT2D eigenvalue weighted by Gasteiger charge is 2.41. The fourth-order valence-corrected chi connectivity index (χ4v) is 5.00. The Morgan fingerprint density at radius 1 is 1.00 bits per heavy atom. The predicted molar refractivity (Wildman–Crippen MR) is 150 cm³/mol. The van der Waals surface area contributed by atoms with Gasteiger partial charge in [0.25, 0.3) is 5.76 Å². The molecule has 1 N–H and O–H groups in total. The fraction of sp³-hybridized carbons (Fsp3) is 0.290. The Kier molecular flexibility index (Phi) is 8.32. The van der Waals surface area contributed by atoms with Gasteiger partial charge in [0.1, 0.15) is 31.1 Å². The molecule has 2 heterocycles. The number of hydrogen-bond donors (Lipinski definition) is 1. The summed E-state index contributed by atoms with van der Waals surface area (Å²) in [7, 11) is 0. The van der Waals surface area contributed by atoms with E-state index in [-0.39, 0.29) is 40.1 Å². The van der Waals surface area contributed by atoms with E-state index in [0.29, 0.717) is 36.9 Å². The summed E-state index contributed by atoms with van der Waals surface area (Å²) >= 11 is 5.92. The number of esters is 1. The summed E-state index contributed by atoms with van der Waals surface area (Å²) in [6, 6.07) is 12.1. The summed E-state index contributed by atoms with van der Waals surface area (Å²) < 4.78 is 65.6. The lowest BCUT2D eigenvalue weighted by molar-refractivity contribution is -0.921. The van der Waals surface area contributed by atoms with Crippen LogP contribution in [0.1, 0.15) is 38.4 Å². The van der Waals surface area contributed by atoms with Crippen LogP contribution in [0.4, 0.5) is 13.2 Å². The molecule has 0 amide bonds. The van der Waals surface area contributed by atoms with Gasteiger partial charge in [-0.05, 0) is 79.9 Å². The lowest BCUT2D eigenvalue weighted by Gasteiger charge is -2.25. The molecular formula is C31H28ClF3NO6+. The maximum absolute atomic E-state index is 14.4. The number of carbonyl (C=O) groups is 1. The van der Waals surface area contributed by atoms with E-state index in [4.69, 9.17) is 30.2 Å². The Morgan fingerprint density at radius 2 is 1.69 bits per heavy atom. The number of aryl methyl sites for hydroxylation is 2. The smallest absolute Gasteiger partial charge is 0.449 e. The van der Waals surface area contributed by atoms with Crippen molar-refractivity contribution in [2.24, 2.45) is 0 Å². The Morgan fingerprint density at radius 3 is 2.36 bits per heavy atom. The number of rotatable bonds is 6. The molecule has 1 aromatic heterocycles. The highest BCUT2D eigenvalue weighted by atomic mass is 35.5. The van der Waals surface area contributed by atoms with Gasteiger partial charge in [0.05, 0.1) is 29.7 Å². The Hall–Kier alpha value is -3.86. The summed E-state index contributed by atoms with van der Waals surface area (Å²) in [6.07, 6.45) is -5.06. The van der Waals surface area contributed by atoms with E-state index in [1.54, 1.807) is 26.8 Å². The fourth-order valence-electron chi connectivity index (χ4n) is 4.87. The van der Waals surface area contributed by atoms with Crippen molar-refractivity contribution in [1.82, 2.24) is 0 Å². The second kappa shape index (κ2) is 11.8. The first-order valence-electron chi connectivity index (χ1n) is 13.3. The van der Waals surface area contributed by atoms with Crippen LogP contribution in [-0.2, 0) is 17.5 Å². The molecule has 0 atom stereocenters. The van der Waals surface area contributed by atoms with Gasteiger partial charge in [0.15, 0.2) is 5.58 Å². The first kappa shape index (κ1) is 29.6. The standard InChI is InChI=1S/C31H27ClF3NO6/c1-17-14-18(2)19(3)25(15-17)40-28-26(37)22-8-9-24(41-30(38)20-4-6-21(32)7-5-20)23(16-36-10-12-39-13-11-36)27(22)42-29(28)31(33,34)35/h4-9,14-15H,10-13,16H2,1-3H3/p+1.